The molecular weight excluding hydrogens is 268 g/mol. The number of ether oxygens (including phenoxy) is 2. The van der Waals surface area contributed by atoms with Gasteiger partial charge in [0.05, 0.1) is 13.2 Å². The summed E-state index contributed by atoms with van der Waals surface area (Å²) in [7, 11) is 4.04. The summed E-state index contributed by atoms with van der Waals surface area (Å²) in [6.07, 6.45) is -0.520. The van der Waals surface area contributed by atoms with Crippen LogP contribution in [-0.2, 0) is 4.74 Å². The van der Waals surface area contributed by atoms with Gasteiger partial charge in [-0.1, -0.05) is 17.7 Å². The van der Waals surface area contributed by atoms with Crippen LogP contribution in [0.25, 0.3) is 0 Å². The monoisotopic (exact) mass is 296 g/mol. The van der Waals surface area contributed by atoms with Gasteiger partial charge < -0.3 is 24.8 Å². The highest BCUT2D eigenvalue weighted by atomic mass is 16.5. The normalized spacial score (nSPS) is 12.6. The van der Waals surface area contributed by atoms with Crippen LogP contribution in [0.5, 0.6) is 5.75 Å². The Kier molecular flexibility index (Phi) is 9.01. The second-order valence-corrected chi connectivity index (χ2v) is 5.40. The molecule has 0 aliphatic heterocycles. The van der Waals surface area contributed by atoms with Crippen molar-refractivity contribution in [3.05, 3.63) is 29.8 Å². The van der Waals surface area contributed by atoms with E-state index in [0.717, 1.165) is 25.4 Å². The van der Waals surface area contributed by atoms with Crippen molar-refractivity contribution in [2.24, 2.45) is 0 Å². The summed E-state index contributed by atoms with van der Waals surface area (Å²) in [5.41, 5.74) is 1.19. The highest BCUT2D eigenvalue weighted by Gasteiger charge is 2.04. The van der Waals surface area contributed by atoms with Gasteiger partial charge in [-0.05, 0) is 33.2 Å². The van der Waals surface area contributed by atoms with Crippen LogP contribution >= 0.6 is 0 Å². The van der Waals surface area contributed by atoms with Crippen LogP contribution < -0.4 is 10.1 Å². The zero-order valence-electron chi connectivity index (χ0n) is 13.3. The summed E-state index contributed by atoms with van der Waals surface area (Å²) in [5, 5.41) is 13.0. The first-order valence-electron chi connectivity index (χ1n) is 7.38. The third kappa shape index (κ3) is 9.42. The number of hydrogen-bond donors (Lipinski definition) is 2. The molecular formula is C16H28N2O3. The number of aliphatic hydroxyl groups is 1. The number of likely N-dealkylation sites (N-methyl/N-ethyl adjacent to an activating group) is 1. The molecule has 120 valence electrons. The average Bonchev–Trinajstić information content (AvgIpc) is 2.45. The summed E-state index contributed by atoms with van der Waals surface area (Å²) in [5.74, 6) is 0.784. The molecule has 0 fully saturated rings. The lowest BCUT2D eigenvalue weighted by Crippen LogP contribution is -2.33. The lowest BCUT2D eigenvalue weighted by Gasteiger charge is -2.14. The Labute approximate surface area is 127 Å². The zero-order chi connectivity index (χ0) is 15.5. The van der Waals surface area contributed by atoms with Gasteiger partial charge in [0.25, 0.3) is 0 Å². The van der Waals surface area contributed by atoms with Crippen molar-refractivity contribution < 1.29 is 14.6 Å². The number of aliphatic hydroxyl groups excluding tert-OH is 1. The van der Waals surface area contributed by atoms with Crippen molar-refractivity contribution in [2.75, 3.05) is 53.6 Å². The summed E-state index contributed by atoms with van der Waals surface area (Å²) in [6.45, 7) is 5.86. The minimum atomic E-state index is -0.520. The van der Waals surface area contributed by atoms with Gasteiger partial charge in [-0.2, -0.15) is 0 Å². The summed E-state index contributed by atoms with van der Waals surface area (Å²) in [4.78, 5) is 2.08. The van der Waals surface area contributed by atoms with Crippen molar-refractivity contribution >= 4 is 0 Å². The first kappa shape index (κ1) is 17.9. The van der Waals surface area contributed by atoms with E-state index in [4.69, 9.17) is 9.47 Å². The van der Waals surface area contributed by atoms with Crippen LogP contribution in [0, 0.1) is 6.92 Å². The fourth-order valence-corrected chi connectivity index (χ4v) is 1.65. The summed E-state index contributed by atoms with van der Waals surface area (Å²) in [6, 6.07) is 7.80. The Morgan fingerprint density at radius 1 is 1.19 bits per heavy atom. The Morgan fingerprint density at radius 2 is 1.90 bits per heavy atom. The molecule has 0 saturated carbocycles. The van der Waals surface area contributed by atoms with E-state index in [-0.39, 0.29) is 6.61 Å². The van der Waals surface area contributed by atoms with E-state index in [1.165, 1.54) is 5.56 Å². The van der Waals surface area contributed by atoms with Crippen LogP contribution in [0.4, 0.5) is 0 Å². The summed E-state index contributed by atoms with van der Waals surface area (Å²) < 4.78 is 11.0. The topological polar surface area (TPSA) is 54.0 Å². The Balaban J connectivity index is 1.98. The molecule has 21 heavy (non-hydrogen) atoms. The van der Waals surface area contributed by atoms with E-state index in [1.807, 2.05) is 45.3 Å². The van der Waals surface area contributed by atoms with Gasteiger partial charge in [-0.25, -0.2) is 0 Å². The highest BCUT2D eigenvalue weighted by Crippen LogP contribution is 2.11. The van der Waals surface area contributed by atoms with Crippen LogP contribution in [0.3, 0.4) is 0 Å². The number of aryl methyl sites for hydroxylation is 1. The van der Waals surface area contributed by atoms with Gasteiger partial charge in [0.15, 0.2) is 0 Å². The maximum absolute atomic E-state index is 9.81. The number of hydrogen-bond acceptors (Lipinski definition) is 5. The van der Waals surface area contributed by atoms with Crippen LogP contribution in [0.2, 0.25) is 0 Å². The van der Waals surface area contributed by atoms with E-state index in [9.17, 15) is 5.11 Å². The van der Waals surface area contributed by atoms with Gasteiger partial charge in [-0.3, -0.25) is 0 Å². The largest absolute Gasteiger partial charge is 0.491 e. The van der Waals surface area contributed by atoms with Crippen molar-refractivity contribution in [3.8, 4) is 5.75 Å². The van der Waals surface area contributed by atoms with E-state index < -0.39 is 6.10 Å². The fourth-order valence-electron chi connectivity index (χ4n) is 1.65. The lowest BCUT2D eigenvalue weighted by atomic mass is 10.2. The standard InChI is InChI=1S/C16H28N2O3/c1-14-4-6-16(7-5-14)21-13-15(19)12-17-8-10-20-11-9-18(2)3/h4-7,15,17,19H,8-13H2,1-3H3. The predicted molar refractivity (Wildman–Crippen MR) is 84.9 cm³/mol. The van der Waals surface area contributed by atoms with E-state index in [0.29, 0.717) is 13.2 Å². The molecule has 2 N–H and O–H groups in total. The van der Waals surface area contributed by atoms with Gasteiger partial charge in [0.2, 0.25) is 0 Å². The fraction of sp³-hybridized carbons (Fsp3) is 0.625. The maximum Gasteiger partial charge on any atom is 0.119 e. The molecule has 1 atom stereocenters. The molecule has 5 nitrogen and oxygen atoms in total. The van der Waals surface area contributed by atoms with Crippen LogP contribution in [0.15, 0.2) is 24.3 Å². The maximum atomic E-state index is 9.81. The van der Waals surface area contributed by atoms with E-state index in [2.05, 4.69) is 10.2 Å². The molecule has 0 amide bonds. The third-order valence-electron chi connectivity index (χ3n) is 2.95. The second-order valence-electron chi connectivity index (χ2n) is 5.40. The quantitative estimate of drug-likeness (QED) is 0.594. The van der Waals surface area contributed by atoms with Gasteiger partial charge in [0.1, 0.15) is 18.5 Å². The molecule has 0 aromatic heterocycles. The minimum Gasteiger partial charge on any atom is -0.491 e. The number of rotatable bonds is 11. The van der Waals surface area contributed by atoms with Crippen LogP contribution in [-0.4, -0.2) is 69.7 Å². The second kappa shape index (κ2) is 10.6. The zero-order valence-corrected chi connectivity index (χ0v) is 13.3. The Morgan fingerprint density at radius 3 is 2.57 bits per heavy atom. The van der Waals surface area contributed by atoms with Crippen molar-refractivity contribution in [1.29, 1.82) is 0 Å². The Bertz CT molecular complexity index is 368. The molecule has 0 bridgehead atoms. The van der Waals surface area contributed by atoms with Crippen molar-refractivity contribution in [3.63, 3.8) is 0 Å². The lowest BCUT2D eigenvalue weighted by molar-refractivity contribution is 0.0954. The van der Waals surface area contributed by atoms with Gasteiger partial charge in [-0.15, -0.1) is 0 Å². The van der Waals surface area contributed by atoms with Gasteiger partial charge in [0, 0.05) is 19.6 Å². The minimum absolute atomic E-state index is 0.289. The molecule has 1 aromatic carbocycles. The van der Waals surface area contributed by atoms with Crippen molar-refractivity contribution in [2.45, 2.75) is 13.0 Å². The van der Waals surface area contributed by atoms with E-state index in [1.54, 1.807) is 0 Å². The number of nitrogens with one attached hydrogen (secondary N) is 1. The van der Waals surface area contributed by atoms with E-state index >= 15 is 0 Å². The molecule has 0 radical (unpaired) electrons. The molecule has 0 aliphatic rings. The third-order valence-corrected chi connectivity index (χ3v) is 2.95. The molecule has 0 saturated heterocycles. The van der Waals surface area contributed by atoms with Crippen molar-refractivity contribution in [1.82, 2.24) is 10.2 Å². The molecule has 0 spiro atoms. The average molecular weight is 296 g/mol. The molecule has 1 unspecified atom stereocenters. The predicted octanol–water partition coefficient (Wildman–Crippen LogP) is 0.903. The molecule has 1 aromatic rings. The first-order chi connectivity index (χ1) is 10.1. The van der Waals surface area contributed by atoms with Gasteiger partial charge >= 0.3 is 0 Å². The SMILES string of the molecule is Cc1ccc(OCC(O)CNCCOCCN(C)C)cc1. The summed E-state index contributed by atoms with van der Waals surface area (Å²) >= 11 is 0. The molecule has 0 heterocycles. The first-order valence-corrected chi connectivity index (χ1v) is 7.38. The van der Waals surface area contributed by atoms with Crippen LogP contribution in [0.1, 0.15) is 5.56 Å². The number of benzene rings is 1. The smallest absolute Gasteiger partial charge is 0.119 e. The molecule has 0 aliphatic carbocycles. The number of nitrogens with zero attached hydrogens (tertiary/aromatic N) is 1. The molecule has 1 rings (SSSR count). The molecule has 5 heteroatoms. The highest BCUT2D eigenvalue weighted by molar-refractivity contribution is 5.26. The Hall–Kier alpha value is -1.14.